The Bertz CT molecular complexity index is 1170. The molecule has 0 aliphatic heterocycles. The molecule has 0 amide bonds. The molecule has 5 nitrogen and oxygen atoms in total. The summed E-state index contributed by atoms with van der Waals surface area (Å²) in [4.78, 5) is 24.7. The number of allylic oxidation sites excluding steroid dienone is 2. The lowest BCUT2D eigenvalue weighted by Gasteiger charge is -2.15. The minimum absolute atomic E-state index is 0.0564. The van der Waals surface area contributed by atoms with E-state index in [1.54, 1.807) is 0 Å². The standard InChI is InChI=1S/C74H144O5/c1-3-5-7-9-11-13-15-17-19-21-23-25-27-29-31-33-35-37-39-41-43-45-47-49-51-53-55-57-59-61-63-65-67-69-74(77)79-72(70-75)71-78-73(76)68-66-64-62-60-58-56-54-52-50-48-46-44-42-40-38-36-34-32-30-28-26-24-22-20-18-16-14-12-10-8-6-4-2/h21,23,72,75H,3-20,22,24-71H2,1-2H3/b23-21-. The second-order valence-corrected chi connectivity index (χ2v) is 25.4. The largest absolute Gasteiger partial charge is 0.462 e. The number of aliphatic hydroxyl groups excluding tert-OH is 1. The minimum Gasteiger partial charge on any atom is -0.462 e. The first-order valence-corrected chi connectivity index (χ1v) is 36.7. The maximum atomic E-state index is 12.4. The van der Waals surface area contributed by atoms with Gasteiger partial charge in [0.2, 0.25) is 0 Å². The molecule has 0 fully saturated rings. The van der Waals surface area contributed by atoms with E-state index < -0.39 is 6.10 Å². The summed E-state index contributed by atoms with van der Waals surface area (Å²) < 4.78 is 10.8. The van der Waals surface area contributed by atoms with Gasteiger partial charge in [0.05, 0.1) is 6.61 Å². The highest BCUT2D eigenvalue weighted by Gasteiger charge is 2.16. The predicted molar refractivity (Wildman–Crippen MR) is 349 cm³/mol. The van der Waals surface area contributed by atoms with Crippen LogP contribution in [0.1, 0.15) is 431 Å². The van der Waals surface area contributed by atoms with E-state index in [-0.39, 0.29) is 25.2 Å². The number of ether oxygens (including phenoxy) is 2. The van der Waals surface area contributed by atoms with E-state index in [1.165, 1.54) is 372 Å². The number of carbonyl (C=O) groups is 2. The summed E-state index contributed by atoms with van der Waals surface area (Å²) in [6.45, 7) is 4.22. The van der Waals surface area contributed by atoms with Gasteiger partial charge in [0.25, 0.3) is 0 Å². The highest BCUT2D eigenvalue weighted by atomic mass is 16.6. The molecule has 0 rings (SSSR count). The van der Waals surface area contributed by atoms with Crippen molar-refractivity contribution in [1.29, 1.82) is 0 Å². The van der Waals surface area contributed by atoms with Gasteiger partial charge in [0, 0.05) is 12.8 Å². The Kier molecular flexibility index (Phi) is 69.7. The first-order chi connectivity index (χ1) is 39.1. The highest BCUT2D eigenvalue weighted by molar-refractivity contribution is 5.70. The van der Waals surface area contributed by atoms with Gasteiger partial charge in [0.15, 0.2) is 6.10 Å². The summed E-state index contributed by atoms with van der Waals surface area (Å²) in [7, 11) is 0. The molecule has 1 atom stereocenters. The molecular formula is C74H144O5. The fraction of sp³-hybridized carbons (Fsp3) is 0.946. The van der Waals surface area contributed by atoms with Crippen LogP contribution in [0, 0.1) is 0 Å². The Labute approximate surface area is 496 Å². The second-order valence-electron chi connectivity index (χ2n) is 25.4. The van der Waals surface area contributed by atoms with Gasteiger partial charge >= 0.3 is 11.9 Å². The van der Waals surface area contributed by atoms with Crippen LogP contribution in [0.25, 0.3) is 0 Å². The van der Waals surface area contributed by atoms with Gasteiger partial charge in [-0.25, -0.2) is 0 Å². The number of unbranched alkanes of at least 4 members (excludes halogenated alkanes) is 60. The lowest BCUT2D eigenvalue weighted by Crippen LogP contribution is -2.28. The van der Waals surface area contributed by atoms with Crippen molar-refractivity contribution in [3.05, 3.63) is 12.2 Å². The van der Waals surface area contributed by atoms with Crippen molar-refractivity contribution in [2.45, 2.75) is 437 Å². The van der Waals surface area contributed by atoms with Gasteiger partial charge in [-0.15, -0.1) is 0 Å². The Morgan fingerprint density at radius 3 is 0.684 bits per heavy atom. The number of rotatable bonds is 70. The van der Waals surface area contributed by atoms with Crippen LogP contribution in [0.15, 0.2) is 12.2 Å². The lowest BCUT2D eigenvalue weighted by molar-refractivity contribution is -0.161. The molecule has 0 aliphatic carbocycles. The molecule has 470 valence electrons. The average Bonchev–Trinajstić information content (AvgIpc) is 3.45. The normalized spacial score (nSPS) is 12.1. The predicted octanol–water partition coefficient (Wildman–Crippen LogP) is 25.4. The van der Waals surface area contributed by atoms with Crippen LogP contribution in [-0.2, 0) is 19.1 Å². The van der Waals surface area contributed by atoms with Crippen molar-refractivity contribution < 1.29 is 24.2 Å². The van der Waals surface area contributed by atoms with Gasteiger partial charge in [-0.05, 0) is 38.5 Å². The number of esters is 2. The first kappa shape index (κ1) is 77.6. The topological polar surface area (TPSA) is 72.8 Å². The van der Waals surface area contributed by atoms with Crippen LogP contribution in [-0.4, -0.2) is 36.4 Å². The SMILES string of the molecule is CCCCCCCCCC/C=C\CCCCCCCCCCCCCCCCCCCCCCCC(=O)OC(CO)COC(=O)CCCCCCCCCCCCCCCCCCCCCCCCCCCCCCCCCC. The molecule has 0 bridgehead atoms. The van der Waals surface area contributed by atoms with Crippen LogP contribution in [0.5, 0.6) is 0 Å². The molecule has 0 aromatic rings. The van der Waals surface area contributed by atoms with Crippen molar-refractivity contribution in [3.63, 3.8) is 0 Å². The summed E-state index contributed by atoms with van der Waals surface area (Å²) in [6.07, 6.45) is 91.3. The van der Waals surface area contributed by atoms with E-state index in [9.17, 15) is 14.7 Å². The van der Waals surface area contributed by atoms with Gasteiger partial charge in [0.1, 0.15) is 6.61 Å². The third-order valence-electron chi connectivity index (χ3n) is 17.3. The molecule has 0 heterocycles. The molecule has 0 saturated heterocycles. The zero-order valence-electron chi connectivity index (χ0n) is 54.2. The maximum Gasteiger partial charge on any atom is 0.306 e. The quantitative estimate of drug-likeness (QED) is 0.0373. The fourth-order valence-electron chi connectivity index (χ4n) is 11.8. The molecule has 5 heteroatoms. The smallest absolute Gasteiger partial charge is 0.306 e. The van der Waals surface area contributed by atoms with Crippen molar-refractivity contribution in [1.82, 2.24) is 0 Å². The molecule has 1 N–H and O–H groups in total. The first-order valence-electron chi connectivity index (χ1n) is 36.7. The monoisotopic (exact) mass is 1110 g/mol. The molecule has 0 aliphatic rings. The van der Waals surface area contributed by atoms with Gasteiger partial charge in [-0.1, -0.05) is 392 Å². The van der Waals surface area contributed by atoms with Crippen molar-refractivity contribution in [2.75, 3.05) is 13.2 Å². The maximum absolute atomic E-state index is 12.4. The van der Waals surface area contributed by atoms with Gasteiger partial charge in [-0.2, -0.15) is 0 Å². The van der Waals surface area contributed by atoms with Crippen LogP contribution >= 0.6 is 0 Å². The van der Waals surface area contributed by atoms with E-state index in [2.05, 4.69) is 26.0 Å². The third-order valence-corrected chi connectivity index (χ3v) is 17.3. The van der Waals surface area contributed by atoms with Crippen molar-refractivity contribution >= 4 is 11.9 Å². The second kappa shape index (κ2) is 70.9. The summed E-state index contributed by atoms with van der Waals surface area (Å²) in [5.74, 6) is -0.559. The average molecular weight is 1110 g/mol. The molecule has 0 aromatic heterocycles. The Morgan fingerprint density at radius 1 is 0.278 bits per heavy atom. The number of carbonyl (C=O) groups excluding carboxylic acids is 2. The molecule has 0 radical (unpaired) electrons. The van der Waals surface area contributed by atoms with E-state index in [4.69, 9.17) is 9.47 Å². The molecule has 79 heavy (non-hydrogen) atoms. The Morgan fingerprint density at radius 2 is 0.468 bits per heavy atom. The minimum atomic E-state index is -0.767. The van der Waals surface area contributed by atoms with Crippen LogP contribution in [0.3, 0.4) is 0 Å². The molecule has 0 aromatic carbocycles. The fourth-order valence-corrected chi connectivity index (χ4v) is 11.8. The van der Waals surface area contributed by atoms with E-state index in [0.717, 1.165) is 32.1 Å². The summed E-state index contributed by atoms with van der Waals surface area (Å²) in [5, 5.41) is 9.71. The van der Waals surface area contributed by atoms with E-state index >= 15 is 0 Å². The summed E-state index contributed by atoms with van der Waals surface area (Å²) >= 11 is 0. The Hall–Kier alpha value is -1.36. The number of hydrogen-bond acceptors (Lipinski definition) is 5. The summed E-state index contributed by atoms with van der Waals surface area (Å²) in [5.41, 5.74) is 0. The number of hydrogen-bond donors (Lipinski definition) is 1. The molecule has 1 unspecified atom stereocenters. The van der Waals surface area contributed by atoms with Crippen molar-refractivity contribution in [3.8, 4) is 0 Å². The summed E-state index contributed by atoms with van der Waals surface area (Å²) in [6, 6.07) is 0. The highest BCUT2D eigenvalue weighted by Crippen LogP contribution is 2.20. The molecule has 0 spiro atoms. The molecular weight excluding hydrogens is 969 g/mol. The van der Waals surface area contributed by atoms with Gasteiger partial charge in [-0.3, -0.25) is 9.59 Å². The van der Waals surface area contributed by atoms with E-state index in [0.29, 0.717) is 12.8 Å². The van der Waals surface area contributed by atoms with E-state index in [1.807, 2.05) is 0 Å². The number of aliphatic hydroxyl groups is 1. The lowest BCUT2D eigenvalue weighted by atomic mass is 10.0. The Balaban J connectivity index is 3.35. The van der Waals surface area contributed by atoms with Crippen LogP contribution in [0.2, 0.25) is 0 Å². The van der Waals surface area contributed by atoms with Gasteiger partial charge < -0.3 is 14.6 Å². The molecule has 0 saturated carbocycles. The van der Waals surface area contributed by atoms with Crippen molar-refractivity contribution in [2.24, 2.45) is 0 Å². The third kappa shape index (κ3) is 69.0. The zero-order valence-corrected chi connectivity index (χ0v) is 54.2. The van der Waals surface area contributed by atoms with Crippen LogP contribution < -0.4 is 0 Å². The zero-order chi connectivity index (χ0) is 56.9. The van der Waals surface area contributed by atoms with Crippen LogP contribution in [0.4, 0.5) is 0 Å².